The summed E-state index contributed by atoms with van der Waals surface area (Å²) >= 11 is -2.75. The maximum absolute atomic E-state index is 2.75. The van der Waals surface area contributed by atoms with Gasteiger partial charge < -0.3 is 24.8 Å². The monoisotopic (exact) mass is 752 g/mol. The first kappa shape index (κ1) is 38.5. The van der Waals surface area contributed by atoms with Crippen molar-refractivity contribution in [3.63, 3.8) is 0 Å². The Labute approximate surface area is 311 Å². The maximum Gasteiger partial charge on any atom is -1.00 e. The van der Waals surface area contributed by atoms with Gasteiger partial charge in [0.25, 0.3) is 0 Å². The molecule has 0 saturated carbocycles. The molecule has 6 rings (SSSR count). The van der Waals surface area contributed by atoms with Crippen molar-refractivity contribution in [1.82, 2.24) is 0 Å². The van der Waals surface area contributed by atoms with Gasteiger partial charge in [-0.3, -0.25) is 0 Å². The molecule has 0 aliphatic heterocycles. The van der Waals surface area contributed by atoms with E-state index in [9.17, 15) is 0 Å². The SMILES string of the molecule is Cc1cc2c(cc1C(C)(C)C)-c1cc(C(C)(C)C)c(C)[c](/[Zr+2]([C]3=CC=CC3)=[C](/Cc3ccccc3)C(C)(C)c3ccccc3)c1C2.[Cl-].[Cl-]. The Hall–Kier alpha value is -2.31. The topological polar surface area (TPSA) is 0 Å². The van der Waals surface area contributed by atoms with E-state index in [0.717, 1.165) is 19.3 Å². The molecule has 0 N–H and O–H groups in total. The van der Waals surface area contributed by atoms with Gasteiger partial charge in [0.15, 0.2) is 0 Å². The van der Waals surface area contributed by atoms with E-state index in [1.54, 1.807) is 20.9 Å². The second kappa shape index (κ2) is 14.5. The van der Waals surface area contributed by atoms with Crippen molar-refractivity contribution >= 4 is 6.48 Å². The number of hydrogen-bond acceptors (Lipinski definition) is 0. The van der Waals surface area contributed by atoms with E-state index < -0.39 is 21.3 Å². The van der Waals surface area contributed by atoms with Gasteiger partial charge in [0.2, 0.25) is 0 Å². The Morgan fingerprint density at radius 3 is 1.85 bits per heavy atom. The number of allylic oxidation sites excluding steroid dienone is 4. The first-order valence-electron chi connectivity index (χ1n) is 17.2. The van der Waals surface area contributed by atoms with Crippen molar-refractivity contribution < 1.29 is 46.1 Å². The zero-order chi connectivity index (χ0) is 33.0. The van der Waals surface area contributed by atoms with E-state index in [1.807, 2.05) is 0 Å². The molecule has 0 fully saturated rings. The zero-order valence-electron chi connectivity index (χ0n) is 30.6. The molecular formula is C45H52Cl2Zr. The molecule has 0 atom stereocenters. The minimum atomic E-state index is -2.75. The molecule has 4 aromatic rings. The van der Waals surface area contributed by atoms with Crippen LogP contribution >= 0.6 is 0 Å². The Morgan fingerprint density at radius 1 is 0.708 bits per heavy atom. The van der Waals surface area contributed by atoms with Crippen LogP contribution < -0.4 is 28.1 Å². The van der Waals surface area contributed by atoms with Crippen LogP contribution in [0.5, 0.6) is 0 Å². The molecule has 0 saturated heterocycles. The fraction of sp³-hybridized carbons (Fsp3) is 0.356. The minimum Gasteiger partial charge on any atom is -1.00 e. The standard InChI is InChI=1S/C23H29.C17H18.C5H5.2ClH.Zr/c1-14-9-16-11-17-10-15(2)21(23(6,7)8)13-19(17)18(16)12-20(14)22(3,4)5;1-17(2,16-11-7-4-8-12-16)14-13-15-9-5-3-6-10-15;1-2-4-5-3-1;;;/h9,12-13H,11H2,1-8H3;3-12H,13H2,1-2H3;1-3H,4H2;2*1H;/q;;;;;+2/p-2. The van der Waals surface area contributed by atoms with Crippen LogP contribution in [0, 0.1) is 13.8 Å². The minimum absolute atomic E-state index is 0. The average molecular weight is 755 g/mol. The van der Waals surface area contributed by atoms with Crippen LogP contribution in [0.4, 0.5) is 0 Å². The number of aryl methyl sites for hydroxylation is 1. The predicted molar refractivity (Wildman–Crippen MR) is 198 cm³/mol. The van der Waals surface area contributed by atoms with E-state index >= 15 is 0 Å². The maximum atomic E-state index is 2.60. The number of benzene rings is 4. The summed E-state index contributed by atoms with van der Waals surface area (Å²) in [6.07, 6.45) is 10.4. The third-order valence-electron chi connectivity index (χ3n) is 10.5. The quantitative estimate of drug-likeness (QED) is 0.230. The summed E-state index contributed by atoms with van der Waals surface area (Å²) < 4.78 is 5.25. The van der Waals surface area contributed by atoms with Crippen molar-refractivity contribution in [1.29, 1.82) is 0 Å². The van der Waals surface area contributed by atoms with Gasteiger partial charge in [-0.2, -0.15) is 0 Å². The van der Waals surface area contributed by atoms with Gasteiger partial charge in [-0.1, -0.05) is 0 Å². The normalized spacial score (nSPS) is 14.0. The zero-order valence-corrected chi connectivity index (χ0v) is 34.6. The van der Waals surface area contributed by atoms with Gasteiger partial charge in [0.1, 0.15) is 0 Å². The fourth-order valence-corrected chi connectivity index (χ4v) is 17.4. The van der Waals surface area contributed by atoms with Crippen molar-refractivity contribution in [3.05, 3.63) is 145 Å². The second-order valence-electron chi connectivity index (χ2n) is 16.3. The molecule has 250 valence electrons. The van der Waals surface area contributed by atoms with Gasteiger partial charge >= 0.3 is 288 Å². The van der Waals surface area contributed by atoms with E-state index in [1.165, 1.54) is 44.5 Å². The summed E-state index contributed by atoms with van der Waals surface area (Å²) in [4.78, 5) is 0. The molecule has 0 amide bonds. The van der Waals surface area contributed by atoms with Crippen LogP contribution in [0.15, 0.2) is 100 Å². The number of halogens is 2. The summed E-state index contributed by atoms with van der Waals surface area (Å²) in [6, 6.07) is 30.3. The summed E-state index contributed by atoms with van der Waals surface area (Å²) in [5.74, 6) is 0. The molecule has 0 unspecified atom stereocenters. The Kier molecular flexibility index (Phi) is 11.6. The van der Waals surface area contributed by atoms with Gasteiger partial charge in [0.05, 0.1) is 0 Å². The van der Waals surface area contributed by atoms with Crippen LogP contribution in [-0.4, -0.2) is 3.21 Å². The molecule has 2 aliphatic carbocycles. The van der Waals surface area contributed by atoms with E-state index in [-0.39, 0.29) is 41.1 Å². The Balaban J connectivity index is 0.00000260. The molecule has 0 spiro atoms. The summed E-state index contributed by atoms with van der Waals surface area (Å²) in [7, 11) is 0. The van der Waals surface area contributed by atoms with Gasteiger partial charge in [-0.05, 0) is 0 Å². The van der Waals surface area contributed by atoms with Crippen molar-refractivity contribution in [2.45, 2.75) is 105 Å². The molecule has 4 aromatic carbocycles. The molecule has 0 heterocycles. The van der Waals surface area contributed by atoms with Crippen LogP contribution in [0.1, 0.15) is 106 Å². The third kappa shape index (κ3) is 7.27. The third-order valence-corrected chi connectivity index (χ3v) is 19.4. The van der Waals surface area contributed by atoms with Crippen LogP contribution in [0.2, 0.25) is 0 Å². The van der Waals surface area contributed by atoms with Crippen LogP contribution in [0.3, 0.4) is 0 Å². The van der Waals surface area contributed by atoms with Crippen molar-refractivity contribution in [2.24, 2.45) is 0 Å². The molecule has 0 aromatic heterocycles. The fourth-order valence-electron chi connectivity index (χ4n) is 8.13. The van der Waals surface area contributed by atoms with E-state index in [2.05, 4.69) is 166 Å². The molecular weight excluding hydrogens is 703 g/mol. The second-order valence-corrected chi connectivity index (χ2v) is 22.4. The summed E-state index contributed by atoms with van der Waals surface area (Å²) in [5, 5.41) is 0. The van der Waals surface area contributed by atoms with Gasteiger partial charge in [-0.25, -0.2) is 0 Å². The van der Waals surface area contributed by atoms with E-state index in [4.69, 9.17) is 0 Å². The number of hydrogen-bond donors (Lipinski definition) is 0. The smallest absolute Gasteiger partial charge is 1.00 e. The summed E-state index contributed by atoms with van der Waals surface area (Å²) in [6.45, 7) is 24.2. The average Bonchev–Trinajstić information content (AvgIpc) is 3.65. The van der Waals surface area contributed by atoms with E-state index in [0.29, 0.717) is 0 Å². The number of fused-ring (bicyclic) bond motifs is 3. The van der Waals surface area contributed by atoms with Crippen molar-refractivity contribution in [2.75, 3.05) is 0 Å². The van der Waals surface area contributed by atoms with Crippen LogP contribution in [0.25, 0.3) is 11.1 Å². The molecule has 0 radical (unpaired) electrons. The van der Waals surface area contributed by atoms with Gasteiger partial charge in [-0.15, -0.1) is 0 Å². The predicted octanol–water partition coefficient (Wildman–Crippen LogP) is 4.96. The number of rotatable bonds is 6. The molecule has 3 heteroatoms. The molecule has 2 aliphatic rings. The van der Waals surface area contributed by atoms with Crippen molar-refractivity contribution in [3.8, 4) is 11.1 Å². The molecule has 48 heavy (non-hydrogen) atoms. The Bertz CT molecular complexity index is 1890. The Morgan fingerprint density at radius 2 is 1.29 bits per heavy atom. The molecule has 0 nitrogen and oxygen atoms in total. The largest absolute Gasteiger partial charge is 1.00 e. The van der Waals surface area contributed by atoms with Gasteiger partial charge in [0, 0.05) is 0 Å². The summed E-state index contributed by atoms with van der Waals surface area (Å²) in [5.41, 5.74) is 15.1. The first-order valence-corrected chi connectivity index (χ1v) is 20.9. The van der Waals surface area contributed by atoms with Crippen LogP contribution in [-0.2, 0) is 50.4 Å². The molecule has 0 bridgehead atoms. The first-order chi connectivity index (χ1) is 21.7.